The van der Waals surface area contributed by atoms with Crippen LogP contribution in [0.25, 0.3) is 0 Å². The lowest BCUT2D eigenvalue weighted by molar-refractivity contribution is 0.0736. The summed E-state index contributed by atoms with van der Waals surface area (Å²) in [4.78, 5) is 27.3. The van der Waals surface area contributed by atoms with Crippen molar-refractivity contribution in [2.24, 2.45) is 0 Å². The highest BCUT2D eigenvalue weighted by Crippen LogP contribution is 2.20. The maximum absolute atomic E-state index is 13.8. The summed E-state index contributed by atoms with van der Waals surface area (Å²) >= 11 is 0. The standard InChI is InChI=1S/C19H18F2N2O2/c1-13(24)14-5-7-15(8-6-14)22-9-11-23(12-10-22)19(25)18-16(20)3-2-4-17(18)21/h2-8H,9-12H2,1H3. The van der Waals surface area contributed by atoms with Crippen molar-refractivity contribution in [3.05, 3.63) is 65.2 Å². The molecule has 1 amide bonds. The Bertz CT molecular complexity index is 777. The maximum Gasteiger partial charge on any atom is 0.259 e. The van der Waals surface area contributed by atoms with E-state index in [2.05, 4.69) is 4.90 Å². The van der Waals surface area contributed by atoms with Crippen LogP contribution in [0.15, 0.2) is 42.5 Å². The number of rotatable bonds is 3. The molecule has 4 nitrogen and oxygen atoms in total. The number of halogens is 2. The van der Waals surface area contributed by atoms with Gasteiger partial charge in [-0.1, -0.05) is 6.07 Å². The summed E-state index contributed by atoms with van der Waals surface area (Å²) < 4.78 is 27.6. The number of piperazine rings is 1. The fourth-order valence-corrected chi connectivity index (χ4v) is 2.93. The zero-order chi connectivity index (χ0) is 18.0. The lowest BCUT2D eigenvalue weighted by Crippen LogP contribution is -2.49. The number of carbonyl (C=O) groups excluding carboxylic acids is 2. The van der Waals surface area contributed by atoms with Crippen LogP contribution >= 0.6 is 0 Å². The Morgan fingerprint density at radius 1 is 0.880 bits per heavy atom. The molecule has 0 spiro atoms. The second-order valence-electron chi connectivity index (χ2n) is 5.98. The van der Waals surface area contributed by atoms with E-state index in [9.17, 15) is 18.4 Å². The molecule has 2 aromatic rings. The monoisotopic (exact) mass is 344 g/mol. The van der Waals surface area contributed by atoms with Crippen LogP contribution in [0.3, 0.4) is 0 Å². The Balaban J connectivity index is 1.67. The molecular weight excluding hydrogens is 326 g/mol. The first-order valence-electron chi connectivity index (χ1n) is 8.06. The molecule has 1 aliphatic rings. The molecule has 2 aromatic carbocycles. The topological polar surface area (TPSA) is 40.6 Å². The van der Waals surface area contributed by atoms with E-state index in [-0.39, 0.29) is 5.78 Å². The van der Waals surface area contributed by atoms with Gasteiger partial charge in [-0.2, -0.15) is 0 Å². The zero-order valence-corrected chi connectivity index (χ0v) is 13.8. The van der Waals surface area contributed by atoms with E-state index in [1.165, 1.54) is 17.9 Å². The number of ketones is 1. The van der Waals surface area contributed by atoms with E-state index in [4.69, 9.17) is 0 Å². The van der Waals surface area contributed by atoms with Gasteiger partial charge in [-0.15, -0.1) is 0 Å². The average molecular weight is 344 g/mol. The van der Waals surface area contributed by atoms with Gasteiger partial charge in [0.05, 0.1) is 0 Å². The number of nitrogens with zero attached hydrogens (tertiary/aromatic N) is 2. The maximum atomic E-state index is 13.8. The summed E-state index contributed by atoms with van der Waals surface area (Å²) in [6.45, 7) is 3.38. The highest BCUT2D eigenvalue weighted by Gasteiger charge is 2.26. The molecule has 0 unspecified atom stereocenters. The van der Waals surface area contributed by atoms with E-state index >= 15 is 0 Å². The molecule has 1 saturated heterocycles. The fraction of sp³-hybridized carbons (Fsp3) is 0.263. The molecule has 6 heteroatoms. The molecule has 0 aliphatic carbocycles. The number of hydrogen-bond acceptors (Lipinski definition) is 3. The van der Waals surface area contributed by atoms with Crippen molar-refractivity contribution in [3.63, 3.8) is 0 Å². The lowest BCUT2D eigenvalue weighted by atomic mass is 10.1. The summed E-state index contributed by atoms with van der Waals surface area (Å²) in [6, 6.07) is 10.7. The predicted molar refractivity (Wildman–Crippen MR) is 90.9 cm³/mol. The number of hydrogen-bond donors (Lipinski definition) is 0. The number of carbonyl (C=O) groups is 2. The quantitative estimate of drug-likeness (QED) is 0.803. The first-order valence-corrected chi connectivity index (χ1v) is 8.06. The first kappa shape index (κ1) is 17.1. The van der Waals surface area contributed by atoms with E-state index in [1.54, 1.807) is 12.1 Å². The summed E-state index contributed by atoms with van der Waals surface area (Å²) in [5, 5.41) is 0. The van der Waals surface area contributed by atoms with Gasteiger partial charge in [0.15, 0.2) is 5.78 Å². The van der Waals surface area contributed by atoms with Gasteiger partial charge in [-0.25, -0.2) is 8.78 Å². The summed E-state index contributed by atoms with van der Waals surface area (Å²) in [5.41, 5.74) is 1.10. The molecule has 3 rings (SSSR count). The molecular formula is C19H18F2N2O2. The molecule has 0 bridgehead atoms. The third-order valence-corrected chi connectivity index (χ3v) is 4.38. The zero-order valence-electron chi connectivity index (χ0n) is 13.8. The highest BCUT2D eigenvalue weighted by molar-refractivity contribution is 5.95. The molecule has 1 fully saturated rings. The van der Waals surface area contributed by atoms with Gasteiger partial charge in [0, 0.05) is 37.4 Å². The van der Waals surface area contributed by atoms with Crippen molar-refractivity contribution >= 4 is 17.4 Å². The van der Waals surface area contributed by atoms with Crippen molar-refractivity contribution in [3.8, 4) is 0 Å². The highest BCUT2D eigenvalue weighted by atomic mass is 19.1. The largest absolute Gasteiger partial charge is 0.368 e. The van der Waals surface area contributed by atoms with Crippen molar-refractivity contribution < 1.29 is 18.4 Å². The van der Waals surface area contributed by atoms with Gasteiger partial charge in [-0.3, -0.25) is 9.59 Å². The van der Waals surface area contributed by atoms with Gasteiger partial charge in [0.25, 0.3) is 5.91 Å². The summed E-state index contributed by atoms with van der Waals surface area (Å²) in [7, 11) is 0. The molecule has 1 aliphatic heterocycles. The third-order valence-electron chi connectivity index (χ3n) is 4.38. The second-order valence-corrected chi connectivity index (χ2v) is 5.98. The van der Waals surface area contributed by atoms with Crippen LogP contribution in [0.1, 0.15) is 27.6 Å². The normalized spacial score (nSPS) is 14.5. The molecule has 1 heterocycles. The van der Waals surface area contributed by atoms with Crippen molar-refractivity contribution in [1.29, 1.82) is 0 Å². The molecule has 130 valence electrons. The van der Waals surface area contributed by atoms with Crippen LogP contribution < -0.4 is 4.90 Å². The van der Waals surface area contributed by atoms with E-state index in [1.807, 2.05) is 12.1 Å². The van der Waals surface area contributed by atoms with E-state index < -0.39 is 23.1 Å². The van der Waals surface area contributed by atoms with Gasteiger partial charge in [-0.05, 0) is 43.3 Å². The van der Waals surface area contributed by atoms with E-state index in [0.29, 0.717) is 31.7 Å². The Kier molecular flexibility index (Phi) is 4.79. The van der Waals surface area contributed by atoms with Crippen molar-refractivity contribution in [1.82, 2.24) is 4.90 Å². The van der Waals surface area contributed by atoms with Gasteiger partial charge < -0.3 is 9.80 Å². The van der Waals surface area contributed by atoms with Gasteiger partial charge >= 0.3 is 0 Å². The lowest BCUT2D eigenvalue weighted by Gasteiger charge is -2.36. The van der Waals surface area contributed by atoms with Crippen LogP contribution in [0.2, 0.25) is 0 Å². The van der Waals surface area contributed by atoms with Crippen LogP contribution in [-0.2, 0) is 0 Å². The second kappa shape index (κ2) is 7.01. The Morgan fingerprint density at radius 2 is 1.44 bits per heavy atom. The Hall–Kier alpha value is -2.76. The number of Topliss-reactive ketones (excluding diaryl/α,β-unsaturated/α-hetero) is 1. The van der Waals surface area contributed by atoms with Crippen LogP contribution in [-0.4, -0.2) is 42.8 Å². The molecule has 0 N–H and O–H groups in total. The Morgan fingerprint density at radius 3 is 1.96 bits per heavy atom. The van der Waals surface area contributed by atoms with Gasteiger partial charge in [0.1, 0.15) is 17.2 Å². The first-order chi connectivity index (χ1) is 12.0. The number of benzene rings is 2. The van der Waals surface area contributed by atoms with Crippen LogP contribution in [0.5, 0.6) is 0 Å². The summed E-state index contributed by atoms with van der Waals surface area (Å²) in [6.07, 6.45) is 0. The minimum absolute atomic E-state index is 0.00822. The van der Waals surface area contributed by atoms with Crippen molar-refractivity contribution in [2.75, 3.05) is 31.1 Å². The third kappa shape index (κ3) is 3.52. The molecule has 0 saturated carbocycles. The van der Waals surface area contributed by atoms with Crippen LogP contribution in [0.4, 0.5) is 14.5 Å². The Labute approximate surface area is 144 Å². The SMILES string of the molecule is CC(=O)c1ccc(N2CCN(C(=O)c3c(F)cccc3F)CC2)cc1. The molecule has 25 heavy (non-hydrogen) atoms. The minimum Gasteiger partial charge on any atom is -0.368 e. The van der Waals surface area contributed by atoms with Gasteiger partial charge in [0.2, 0.25) is 0 Å². The smallest absolute Gasteiger partial charge is 0.259 e. The number of anilines is 1. The molecule has 0 aromatic heterocycles. The average Bonchev–Trinajstić information content (AvgIpc) is 2.61. The van der Waals surface area contributed by atoms with Crippen molar-refractivity contribution in [2.45, 2.75) is 6.92 Å². The minimum atomic E-state index is -0.841. The number of amides is 1. The summed E-state index contributed by atoms with van der Waals surface area (Å²) in [5.74, 6) is -2.30. The fourth-order valence-electron chi connectivity index (χ4n) is 2.93. The van der Waals surface area contributed by atoms with Crippen LogP contribution in [0, 0.1) is 11.6 Å². The van der Waals surface area contributed by atoms with E-state index in [0.717, 1.165) is 17.8 Å². The molecule has 0 atom stereocenters. The predicted octanol–water partition coefficient (Wildman–Crippen LogP) is 3.13. The molecule has 0 radical (unpaired) electrons.